The fourth-order valence-electron chi connectivity index (χ4n) is 3.87. The number of aromatic amines is 1. The van der Waals surface area contributed by atoms with Crippen LogP contribution in [0.15, 0.2) is 59.5 Å². The molecule has 0 bridgehead atoms. The lowest BCUT2D eigenvalue weighted by molar-refractivity contribution is 0.243. The number of nitrogens with zero attached hydrogens (tertiary/aromatic N) is 3. The monoisotopic (exact) mass is 392 g/mol. The van der Waals surface area contributed by atoms with Gasteiger partial charge < -0.3 is 4.98 Å². The predicted octanol–water partition coefficient (Wildman–Crippen LogP) is 3.53. The third kappa shape index (κ3) is 3.23. The van der Waals surface area contributed by atoms with Crippen molar-refractivity contribution in [2.24, 2.45) is 0 Å². The van der Waals surface area contributed by atoms with Crippen molar-refractivity contribution in [2.75, 3.05) is 6.54 Å². The summed E-state index contributed by atoms with van der Waals surface area (Å²) in [6.07, 6.45) is 2.29. The molecule has 1 aliphatic heterocycles. The van der Waals surface area contributed by atoms with Crippen molar-refractivity contribution in [3.8, 4) is 11.3 Å². The van der Waals surface area contributed by atoms with Crippen LogP contribution in [-0.2, 0) is 19.5 Å². The van der Waals surface area contributed by atoms with E-state index in [1.807, 2.05) is 18.2 Å². The van der Waals surface area contributed by atoms with Crippen molar-refractivity contribution >= 4 is 5.65 Å². The Balaban J connectivity index is 1.55. The van der Waals surface area contributed by atoms with Gasteiger partial charge in [0, 0.05) is 49.1 Å². The molecule has 0 atom stereocenters. The number of hydrogen-bond acceptors (Lipinski definition) is 3. The Morgan fingerprint density at radius 2 is 1.90 bits per heavy atom. The van der Waals surface area contributed by atoms with Crippen LogP contribution in [0.1, 0.15) is 16.8 Å². The van der Waals surface area contributed by atoms with Gasteiger partial charge in [0.1, 0.15) is 5.65 Å². The molecule has 5 rings (SSSR count). The second-order valence-electron chi connectivity index (χ2n) is 7.28. The molecule has 5 nitrogen and oxygen atoms in total. The molecule has 0 saturated carbocycles. The Hall–Kier alpha value is -3.32. The maximum absolute atomic E-state index is 13.6. The lowest BCUT2D eigenvalue weighted by Gasteiger charge is -2.28. The fourth-order valence-corrected chi connectivity index (χ4v) is 3.87. The van der Waals surface area contributed by atoms with Crippen molar-refractivity contribution < 1.29 is 8.78 Å². The zero-order valence-corrected chi connectivity index (χ0v) is 15.5. The zero-order chi connectivity index (χ0) is 20.0. The number of H-pyrrole nitrogens is 1. The van der Waals surface area contributed by atoms with Crippen LogP contribution >= 0.6 is 0 Å². The van der Waals surface area contributed by atoms with Gasteiger partial charge in [-0.05, 0) is 23.8 Å². The first-order valence-corrected chi connectivity index (χ1v) is 9.43. The summed E-state index contributed by atoms with van der Waals surface area (Å²) in [5.41, 5.74) is 4.20. The fraction of sp³-hybridized carbons (Fsp3) is 0.182. The molecule has 3 heterocycles. The zero-order valence-electron chi connectivity index (χ0n) is 15.5. The first-order valence-electron chi connectivity index (χ1n) is 9.43. The molecule has 0 fully saturated rings. The van der Waals surface area contributed by atoms with Gasteiger partial charge in [-0.2, -0.15) is 0 Å². The summed E-state index contributed by atoms with van der Waals surface area (Å²) in [4.78, 5) is 22.4. The molecule has 0 aliphatic carbocycles. The van der Waals surface area contributed by atoms with E-state index < -0.39 is 11.6 Å². The molecule has 0 radical (unpaired) electrons. The molecule has 0 spiro atoms. The number of rotatable bonds is 3. The van der Waals surface area contributed by atoms with Crippen molar-refractivity contribution in [1.82, 2.24) is 19.3 Å². The number of hydrogen-bond donors (Lipinski definition) is 1. The highest BCUT2D eigenvalue weighted by Gasteiger charge is 2.22. The summed E-state index contributed by atoms with van der Waals surface area (Å²) >= 11 is 0. The molecule has 2 aromatic carbocycles. The van der Waals surface area contributed by atoms with Gasteiger partial charge in [-0.3, -0.25) is 9.30 Å². The maximum Gasteiger partial charge on any atom is 0.331 e. The second kappa shape index (κ2) is 6.93. The quantitative estimate of drug-likeness (QED) is 0.580. The highest BCUT2D eigenvalue weighted by molar-refractivity contribution is 5.64. The number of imidazole rings is 1. The largest absolute Gasteiger partial charge is 0.331 e. The first kappa shape index (κ1) is 17.8. The van der Waals surface area contributed by atoms with Gasteiger partial charge in [-0.25, -0.2) is 18.6 Å². The molecular weight excluding hydrogens is 374 g/mol. The summed E-state index contributed by atoms with van der Waals surface area (Å²) in [5, 5.41) is 0. The van der Waals surface area contributed by atoms with E-state index in [1.165, 1.54) is 16.0 Å². The lowest BCUT2D eigenvalue weighted by Crippen LogP contribution is -2.33. The predicted molar refractivity (Wildman–Crippen MR) is 105 cm³/mol. The minimum absolute atomic E-state index is 0.281. The highest BCUT2D eigenvalue weighted by atomic mass is 19.2. The smallest absolute Gasteiger partial charge is 0.310 e. The van der Waals surface area contributed by atoms with E-state index in [9.17, 15) is 13.6 Å². The number of nitrogens with one attached hydrogen (secondary N) is 1. The molecule has 146 valence electrons. The number of halogens is 2. The van der Waals surface area contributed by atoms with Crippen LogP contribution in [0.25, 0.3) is 16.9 Å². The summed E-state index contributed by atoms with van der Waals surface area (Å²) in [7, 11) is 0. The molecule has 7 heteroatoms. The third-order valence-corrected chi connectivity index (χ3v) is 5.34. The molecule has 4 aromatic rings. The molecule has 1 aliphatic rings. The Morgan fingerprint density at radius 3 is 2.69 bits per heavy atom. The van der Waals surface area contributed by atoms with Gasteiger partial charge in [0.25, 0.3) is 0 Å². The summed E-state index contributed by atoms with van der Waals surface area (Å²) in [6.45, 7) is 2.30. The normalized spacial score (nSPS) is 14.3. The molecule has 2 aromatic heterocycles. The molecule has 0 saturated heterocycles. The SMILES string of the molecule is O=c1[nH]c2c(c3nc(-c4ccc(F)c(F)c4)cn13)CN(Cc1ccccc1)CC2. The molecule has 29 heavy (non-hydrogen) atoms. The summed E-state index contributed by atoms with van der Waals surface area (Å²) in [6, 6.07) is 13.8. The maximum atomic E-state index is 13.6. The average molecular weight is 392 g/mol. The van der Waals surface area contributed by atoms with E-state index in [0.29, 0.717) is 23.4 Å². The Bertz CT molecular complexity index is 1260. The van der Waals surface area contributed by atoms with Gasteiger partial charge in [0.05, 0.1) is 5.69 Å². The van der Waals surface area contributed by atoms with Crippen LogP contribution < -0.4 is 5.69 Å². The Morgan fingerprint density at radius 1 is 1.07 bits per heavy atom. The van der Waals surface area contributed by atoms with E-state index in [0.717, 1.165) is 42.9 Å². The van der Waals surface area contributed by atoms with Crippen LogP contribution in [0.3, 0.4) is 0 Å². The second-order valence-corrected chi connectivity index (χ2v) is 7.28. The third-order valence-electron chi connectivity index (χ3n) is 5.34. The molecule has 1 N–H and O–H groups in total. The van der Waals surface area contributed by atoms with Crippen LogP contribution in [-0.4, -0.2) is 25.8 Å². The van der Waals surface area contributed by atoms with Crippen molar-refractivity contribution in [2.45, 2.75) is 19.5 Å². The van der Waals surface area contributed by atoms with Crippen LogP contribution in [0.5, 0.6) is 0 Å². The van der Waals surface area contributed by atoms with Crippen molar-refractivity contribution in [1.29, 1.82) is 0 Å². The summed E-state index contributed by atoms with van der Waals surface area (Å²) < 4.78 is 28.4. The van der Waals surface area contributed by atoms with Gasteiger partial charge >= 0.3 is 5.69 Å². The van der Waals surface area contributed by atoms with Gasteiger partial charge in [0.2, 0.25) is 0 Å². The van der Waals surface area contributed by atoms with Gasteiger partial charge in [-0.1, -0.05) is 30.3 Å². The van der Waals surface area contributed by atoms with Crippen molar-refractivity contribution in [3.63, 3.8) is 0 Å². The first-order chi connectivity index (χ1) is 14.1. The van der Waals surface area contributed by atoms with Crippen LogP contribution in [0, 0.1) is 11.6 Å². The molecule has 0 amide bonds. The van der Waals surface area contributed by atoms with Gasteiger partial charge in [0.15, 0.2) is 11.6 Å². The number of aromatic nitrogens is 3. The number of fused-ring (bicyclic) bond motifs is 3. The Kier molecular flexibility index (Phi) is 4.24. The molecular formula is C22H18F2N4O. The lowest BCUT2D eigenvalue weighted by atomic mass is 10.1. The van der Waals surface area contributed by atoms with E-state index in [4.69, 9.17) is 0 Å². The van der Waals surface area contributed by atoms with Gasteiger partial charge in [-0.15, -0.1) is 0 Å². The van der Waals surface area contributed by atoms with Crippen LogP contribution in [0.4, 0.5) is 8.78 Å². The van der Waals surface area contributed by atoms with Crippen molar-refractivity contribution in [3.05, 3.63) is 93.7 Å². The minimum atomic E-state index is -0.940. The minimum Gasteiger partial charge on any atom is -0.310 e. The van der Waals surface area contributed by atoms with E-state index in [1.54, 1.807) is 6.20 Å². The van der Waals surface area contributed by atoms with E-state index in [-0.39, 0.29) is 5.69 Å². The standard InChI is InChI=1S/C22H18F2N4O/c23-17-7-6-15(10-18(17)24)20-13-28-21(25-20)16-12-27(9-8-19(16)26-22(28)29)11-14-4-2-1-3-5-14/h1-7,10,13H,8-9,11-12H2,(H,26,29). The Labute approximate surface area is 165 Å². The highest BCUT2D eigenvalue weighted by Crippen LogP contribution is 2.25. The average Bonchev–Trinajstić information content (AvgIpc) is 3.18. The van der Waals surface area contributed by atoms with E-state index >= 15 is 0 Å². The number of benzene rings is 2. The van der Waals surface area contributed by atoms with E-state index in [2.05, 4.69) is 27.0 Å². The van der Waals surface area contributed by atoms with Crippen LogP contribution in [0.2, 0.25) is 0 Å². The summed E-state index contributed by atoms with van der Waals surface area (Å²) in [5.74, 6) is -1.85. The topological polar surface area (TPSA) is 53.4 Å². The molecule has 0 unspecified atom stereocenters.